The second kappa shape index (κ2) is 12.0. The summed E-state index contributed by atoms with van der Waals surface area (Å²) >= 11 is 1.78. The number of aliphatic imine (C=N–C) groups is 1. The van der Waals surface area contributed by atoms with E-state index >= 15 is 0 Å². The summed E-state index contributed by atoms with van der Waals surface area (Å²) in [4.78, 5) is 12.6. The number of rotatable bonds is 8. The van der Waals surface area contributed by atoms with Crippen LogP contribution in [0.4, 0.5) is 0 Å². The molecule has 0 aromatic carbocycles. The van der Waals surface area contributed by atoms with Crippen molar-refractivity contribution in [3.63, 3.8) is 0 Å². The molecule has 1 heterocycles. The van der Waals surface area contributed by atoms with E-state index in [0.29, 0.717) is 6.04 Å². The van der Waals surface area contributed by atoms with Crippen molar-refractivity contribution in [1.82, 2.24) is 20.5 Å². The highest BCUT2D eigenvalue weighted by Crippen LogP contribution is 2.16. The summed E-state index contributed by atoms with van der Waals surface area (Å²) in [6.07, 6.45) is 0.936. The maximum atomic E-state index is 4.56. The molecule has 1 aromatic rings. The van der Waals surface area contributed by atoms with Crippen LogP contribution in [-0.4, -0.2) is 55.1 Å². The molecule has 134 valence electrons. The minimum absolute atomic E-state index is 0. The van der Waals surface area contributed by atoms with Gasteiger partial charge in [0.1, 0.15) is 0 Å². The molecule has 5 nitrogen and oxygen atoms in total. The van der Waals surface area contributed by atoms with Gasteiger partial charge in [0.05, 0.1) is 10.7 Å². The summed E-state index contributed by atoms with van der Waals surface area (Å²) in [5.74, 6) is 0.865. The van der Waals surface area contributed by atoms with E-state index in [0.717, 1.165) is 44.3 Å². The van der Waals surface area contributed by atoms with Crippen molar-refractivity contribution < 1.29 is 0 Å². The zero-order valence-corrected chi connectivity index (χ0v) is 18.4. The third-order valence-corrected chi connectivity index (χ3v) is 5.06. The predicted octanol–water partition coefficient (Wildman–Crippen LogP) is 2.82. The van der Waals surface area contributed by atoms with Crippen LogP contribution in [-0.2, 0) is 6.42 Å². The van der Waals surface area contributed by atoms with E-state index in [1.165, 1.54) is 9.88 Å². The lowest BCUT2D eigenvalue weighted by Gasteiger charge is -2.27. The topological polar surface area (TPSA) is 52.5 Å². The van der Waals surface area contributed by atoms with Crippen LogP contribution < -0.4 is 10.6 Å². The molecule has 1 aromatic heterocycles. The van der Waals surface area contributed by atoms with Gasteiger partial charge in [0.2, 0.25) is 0 Å². The van der Waals surface area contributed by atoms with Crippen LogP contribution in [0, 0.1) is 13.8 Å². The van der Waals surface area contributed by atoms with Crippen LogP contribution >= 0.6 is 35.3 Å². The minimum Gasteiger partial charge on any atom is -0.356 e. The number of aryl methyl sites for hydroxylation is 2. The highest BCUT2D eigenvalue weighted by atomic mass is 127. The summed E-state index contributed by atoms with van der Waals surface area (Å²) in [6, 6.07) is 0.498. The SMILES string of the molecule is CCN(CC)C(C)CNC(=NC)NCCc1nc(C)c(C)s1.I. The van der Waals surface area contributed by atoms with Gasteiger partial charge in [0.15, 0.2) is 5.96 Å². The lowest BCUT2D eigenvalue weighted by atomic mass is 10.3. The standard InChI is InChI=1S/C16H31N5S.HI/c1-7-21(8-2)12(3)11-19-16(17-6)18-10-9-15-20-13(4)14(5)22-15;/h12H,7-11H2,1-6H3,(H2,17,18,19);1H. The zero-order chi connectivity index (χ0) is 16.5. The molecule has 1 atom stereocenters. The molecular weight excluding hydrogens is 421 g/mol. The van der Waals surface area contributed by atoms with Crippen LogP contribution in [0.25, 0.3) is 0 Å². The van der Waals surface area contributed by atoms with Gasteiger partial charge in [-0.25, -0.2) is 4.98 Å². The number of thiazole rings is 1. The molecular formula is C16H32IN5S. The maximum Gasteiger partial charge on any atom is 0.191 e. The number of halogens is 1. The fourth-order valence-corrected chi connectivity index (χ4v) is 3.31. The van der Waals surface area contributed by atoms with Crippen molar-refractivity contribution in [3.8, 4) is 0 Å². The summed E-state index contributed by atoms with van der Waals surface area (Å²) in [5.41, 5.74) is 1.15. The zero-order valence-electron chi connectivity index (χ0n) is 15.3. The van der Waals surface area contributed by atoms with E-state index < -0.39 is 0 Å². The number of nitrogens with zero attached hydrogens (tertiary/aromatic N) is 3. The molecule has 0 fully saturated rings. The van der Waals surface area contributed by atoms with Crippen molar-refractivity contribution >= 4 is 41.3 Å². The number of hydrogen-bond donors (Lipinski definition) is 2. The van der Waals surface area contributed by atoms with Crippen LogP contribution in [0.2, 0.25) is 0 Å². The Morgan fingerprint density at radius 2 is 1.91 bits per heavy atom. The fraction of sp³-hybridized carbons (Fsp3) is 0.750. The number of aromatic nitrogens is 1. The van der Waals surface area contributed by atoms with Gasteiger partial charge in [-0.15, -0.1) is 35.3 Å². The van der Waals surface area contributed by atoms with Gasteiger partial charge in [-0.1, -0.05) is 13.8 Å². The lowest BCUT2D eigenvalue weighted by molar-refractivity contribution is 0.231. The Labute approximate surface area is 162 Å². The molecule has 23 heavy (non-hydrogen) atoms. The predicted molar refractivity (Wildman–Crippen MR) is 112 cm³/mol. The monoisotopic (exact) mass is 453 g/mol. The Hall–Kier alpha value is -0.410. The van der Waals surface area contributed by atoms with Crippen molar-refractivity contribution in [2.45, 2.75) is 47.1 Å². The molecule has 0 aliphatic heterocycles. The van der Waals surface area contributed by atoms with Crippen LogP contribution in [0.5, 0.6) is 0 Å². The molecule has 1 unspecified atom stereocenters. The first-order valence-electron chi connectivity index (χ1n) is 8.13. The molecule has 0 radical (unpaired) electrons. The van der Waals surface area contributed by atoms with Crippen molar-refractivity contribution in [2.75, 3.05) is 33.2 Å². The lowest BCUT2D eigenvalue weighted by Crippen LogP contribution is -2.46. The van der Waals surface area contributed by atoms with E-state index in [1.54, 1.807) is 11.3 Å². The number of hydrogen-bond acceptors (Lipinski definition) is 4. The van der Waals surface area contributed by atoms with Gasteiger partial charge in [-0.05, 0) is 33.9 Å². The Morgan fingerprint density at radius 3 is 2.39 bits per heavy atom. The third kappa shape index (κ3) is 7.80. The fourth-order valence-electron chi connectivity index (χ4n) is 2.37. The molecule has 0 spiro atoms. The van der Waals surface area contributed by atoms with Gasteiger partial charge in [-0.2, -0.15) is 0 Å². The van der Waals surface area contributed by atoms with E-state index in [4.69, 9.17) is 0 Å². The highest BCUT2D eigenvalue weighted by molar-refractivity contribution is 14.0. The number of guanidine groups is 1. The van der Waals surface area contributed by atoms with Crippen molar-refractivity contribution in [3.05, 3.63) is 15.6 Å². The molecule has 0 saturated carbocycles. The first-order valence-corrected chi connectivity index (χ1v) is 8.94. The van der Waals surface area contributed by atoms with E-state index in [2.05, 4.69) is 60.1 Å². The molecule has 7 heteroatoms. The Balaban J connectivity index is 0.00000484. The minimum atomic E-state index is 0. The van der Waals surface area contributed by atoms with Crippen LogP contribution in [0.15, 0.2) is 4.99 Å². The van der Waals surface area contributed by atoms with E-state index in [-0.39, 0.29) is 24.0 Å². The van der Waals surface area contributed by atoms with E-state index in [9.17, 15) is 0 Å². The van der Waals surface area contributed by atoms with Crippen molar-refractivity contribution in [2.24, 2.45) is 4.99 Å². The second-order valence-corrected chi connectivity index (χ2v) is 6.74. The molecule has 1 rings (SSSR count). The van der Waals surface area contributed by atoms with Gasteiger partial charge in [0, 0.05) is 37.5 Å². The quantitative estimate of drug-likeness (QED) is 0.361. The highest BCUT2D eigenvalue weighted by Gasteiger charge is 2.10. The molecule has 0 aliphatic carbocycles. The normalized spacial score (nSPS) is 12.9. The summed E-state index contributed by atoms with van der Waals surface area (Å²) in [5, 5.41) is 7.95. The number of nitrogens with one attached hydrogen (secondary N) is 2. The Kier molecular flexibility index (Phi) is 11.8. The first kappa shape index (κ1) is 22.6. The number of likely N-dealkylation sites (N-methyl/N-ethyl adjacent to an activating group) is 1. The van der Waals surface area contributed by atoms with Crippen LogP contribution in [0.1, 0.15) is 36.3 Å². The molecule has 0 bridgehead atoms. The Morgan fingerprint density at radius 1 is 1.26 bits per heavy atom. The average Bonchev–Trinajstić information content (AvgIpc) is 2.82. The second-order valence-electron chi connectivity index (χ2n) is 5.45. The van der Waals surface area contributed by atoms with Crippen molar-refractivity contribution in [1.29, 1.82) is 0 Å². The maximum absolute atomic E-state index is 4.56. The average molecular weight is 453 g/mol. The first-order chi connectivity index (χ1) is 10.5. The van der Waals surface area contributed by atoms with Gasteiger partial charge in [-0.3, -0.25) is 9.89 Å². The molecule has 0 saturated heterocycles. The largest absolute Gasteiger partial charge is 0.356 e. The summed E-state index contributed by atoms with van der Waals surface area (Å²) in [6.45, 7) is 14.7. The smallest absolute Gasteiger partial charge is 0.191 e. The summed E-state index contributed by atoms with van der Waals surface area (Å²) < 4.78 is 0. The van der Waals surface area contributed by atoms with Gasteiger partial charge >= 0.3 is 0 Å². The third-order valence-electron chi connectivity index (χ3n) is 3.93. The summed E-state index contributed by atoms with van der Waals surface area (Å²) in [7, 11) is 1.81. The van der Waals surface area contributed by atoms with E-state index in [1.807, 2.05) is 7.05 Å². The molecule has 0 amide bonds. The Bertz CT molecular complexity index is 452. The molecule has 2 N–H and O–H groups in total. The van der Waals surface area contributed by atoms with Crippen LogP contribution in [0.3, 0.4) is 0 Å². The molecule has 0 aliphatic rings. The van der Waals surface area contributed by atoms with Gasteiger partial charge in [0.25, 0.3) is 0 Å². The van der Waals surface area contributed by atoms with Gasteiger partial charge < -0.3 is 10.6 Å².